The van der Waals surface area contributed by atoms with Crippen molar-refractivity contribution in [2.75, 3.05) is 11.9 Å². The molecule has 0 aliphatic heterocycles. The van der Waals surface area contributed by atoms with E-state index in [4.69, 9.17) is 8.83 Å². The molecule has 0 saturated carbocycles. The third kappa shape index (κ3) is 5.17. The Morgan fingerprint density at radius 3 is 2.72 bits per heavy atom. The number of carbonyl (C=O) groups excluding carboxylic acids is 2. The molecule has 8 nitrogen and oxygen atoms in total. The van der Waals surface area contributed by atoms with Crippen molar-refractivity contribution in [1.29, 1.82) is 0 Å². The highest BCUT2D eigenvalue weighted by Crippen LogP contribution is 2.17. The Balaban J connectivity index is 1.68. The number of rotatable bonds is 9. The summed E-state index contributed by atoms with van der Waals surface area (Å²) in [7, 11) is 0. The van der Waals surface area contributed by atoms with E-state index >= 15 is 0 Å². The van der Waals surface area contributed by atoms with Crippen molar-refractivity contribution < 1.29 is 23.3 Å². The summed E-state index contributed by atoms with van der Waals surface area (Å²) >= 11 is 0. The van der Waals surface area contributed by atoms with Crippen LogP contribution in [0, 0.1) is 0 Å². The van der Waals surface area contributed by atoms with E-state index < -0.39 is 0 Å². The van der Waals surface area contributed by atoms with Crippen LogP contribution in [0.3, 0.4) is 0 Å². The second-order valence-electron chi connectivity index (χ2n) is 6.91. The predicted octanol–water partition coefficient (Wildman–Crippen LogP) is 2.35. The summed E-state index contributed by atoms with van der Waals surface area (Å²) in [5, 5.41) is 11.0. The van der Waals surface area contributed by atoms with Crippen LogP contribution in [-0.2, 0) is 11.3 Å². The van der Waals surface area contributed by atoms with Gasteiger partial charge in [-0.25, -0.2) is 0 Å². The lowest BCUT2D eigenvalue weighted by molar-refractivity contribution is -0.928. The molecule has 0 aliphatic carbocycles. The summed E-state index contributed by atoms with van der Waals surface area (Å²) in [6, 6.07) is 10.1. The molecule has 29 heavy (non-hydrogen) atoms. The average molecular weight is 397 g/mol. The molecule has 0 saturated heterocycles. The highest BCUT2D eigenvalue weighted by molar-refractivity contribution is 5.97. The molecule has 2 N–H and O–H groups in total. The standard InChI is InChI=1S/C21H24N4O4/c1-4-10-25(13-19-23-24-21(29-19)18-9-6-11-28-18)14(2)20(27)22-17-8-5-7-16(12-17)15(3)26/h5-9,11-12,14H,4,10,13H2,1-3H3,(H,22,27)/p+1/t14-/m1/s1. The molecule has 0 aliphatic rings. The van der Waals surface area contributed by atoms with Crippen LogP contribution in [0.1, 0.15) is 43.4 Å². The van der Waals surface area contributed by atoms with E-state index in [1.54, 1.807) is 42.7 Å². The van der Waals surface area contributed by atoms with Crippen molar-refractivity contribution in [3.8, 4) is 11.7 Å². The van der Waals surface area contributed by atoms with Gasteiger partial charge in [0, 0.05) is 11.3 Å². The molecule has 0 fully saturated rings. The smallest absolute Gasteiger partial charge is 0.283 e. The number of Topliss-reactive ketones (excluding diaryl/α,β-unsaturated/α-hetero) is 1. The largest absolute Gasteiger partial charge is 0.459 e. The topological polar surface area (TPSA) is 103 Å². The second-order valence-corrected chi connectivity index (χ2v) is 6.91. The Hall–Kier alpha value is -3.26. The summed E-state index contributed by atoms with van der Waals surface area (Å²) in [4.78, 5) is 25.3. The molecule has 8 heteroatoms. The normalized spacial score (nSPS) is 13.1. The van der Waals surface area contributed by atoms with Gasteiger partial charge in [-0.1, -0.05) is 19.1 Å². The zero-order valence-electron chi connectivity index (χ0n) is 16.8. The second kappa shape index (κ2) is 9.29. The highest BCUT2D eigenvalue weighted by Gasteiger charge is 2.27. The highest BCUT2D eigenvalue weighted by atomic mass is 16.4. The van der Waals surface area contributed by atoms with E-state index in [1.165, 1.54) is 6.92 Å². The Morgan fingerprint density at radius 1 is 1.21 bits per heavy atom. The lowest BCUT2D eigenvalue weighted by atomic mass is 10.1. The first kappa shape index (κ1) is 20.5. The molecule has 2 aromatic heterocycles. The molecule has 0 bridgehead atoms. The molecule has 3 rings (SSSR count). The average Bonchev–Trinajstić information content (AvgIpc) is 3.39. The zero-order valence-corrected chi connectivity index (χ0v) is 16.8. The summed E-state index contributed by atoms with van der Waals surface area (Å²) < 4.78 is 11.0. The third-order valence-electron chi connectivity index (χ3n) is 4.69. The van der Waals surface area contributed by atoms with Crippen LogP contribution in [0.4, 0.5) is 5.69 Å². The molecule has 2 atom stereocenters. The van der Waals surface area contributed by atoms with Crippen molar-refractivity contribution >= 4 is 17.4 Å². The van der Waals surface area contributed by atoms with Gasteiger partial charge in [0.25, 0.3) is 17.7 Å². The Labute approximate surface area is 168 Å². The fraction of sp³-hybridized carbons (Fsp3) is 0.333. The van der Waals surface area contributed by atoms with Crippen LogP contribution >= 0.6 is 0 Å². The SMILES string of the molecule is CCC[NH+](Cc1nnc(-c2ccco2)o1)[C@H](C)C(=O)Nc1cccc(C(C)=O)c1. The van der Waals surface area contributed by atoms with E-state index in [9.17, 15) is 9.59 Å². The number of benzene rings is 1. The first-order valence-electron chi connectivity index (χ1n) is 9.60. The number of furan rings is 1. The summed E-state index contributed by atoms with van der Waals surface area (Å²) in [5.74, 6) is 1.09. The van der Waals surface area contributed by atoms with Crippen molar-refractivity contribution in [3.63, 3.8) is 0 Å². The summed E-state index contributed by atoms with van der Waals surface area (Å²) in [6.07, 6.45) is 2.44. The fourth-order valence-corrected chi connectivity index (χ4v) is 3.05. The van der Waals surface area contributed by atoms with Crippen molar-refractivity contribution in [2.24, 2.45) is 0 Å². The molecular formula is C21H25N4O4+. The maximum Gasteiger partial charge on any atom is 0.283 e. The van der Waals surface area contributed by atoms with Crippen LogP contribution in [-0.4, -0.2) is 34.5 Å². The number of nitrogens with one attached hydrogen (secondary N) is 2. The number of nitrogens with zero attached hydrogens (tertiary/aromatic N) is 2. The number of hydrogen-bond acceptors (Lipinski definition) is 6. The molecule has 0 spiro atoms. The zero-order chi connectivity index (χ0) is 20.8. The molecule has 1 unspecified atom stereocenters. The van der Waals surface area contributed by atoms with Crippen molar-refractivity contribution in [3.05, 3.63) is 54.1 Å². The van der Waals surface area contributed by atoms with Crippen molar-refractivity contribution in [2.45, 2.75) is 39.8 Å². The minimum atomic E-state index is -0.352. The first-order valence-corrected chi connectivity index (χ1v) is 9.60. The number of amides is 1. The number of hydrogen-bond donors (Lipinski definition) is 2. The van der Waals surface area contributed by atoms with Crippen LogP contribution in [0.5, 0.6) is 0 Å². The van der Waals surface area contributed by atoms with Gasteiger partial charge < -0.3 is 19.1 Å². The van der Waals surface area contributed by atoms with Crippen LogP contribution < -0.4 is 10.2 Å². The molecular weight excluding hydrogens is 372 g/mol. The Bertz CT molecular complexity index is 965. The van der Waals surface area contributed by atoms with Gasteiger partial charge in [0.1, 0.15) is 0 Å². The lowest BCUT2D eigenvalue weighted by Gasteiger charge is -2.23. The van der Waals surface area contributed by atoms with Gasteiger partial charge in [0.05, 0.1) is 12.8 Å². The van der Waals surface area contributed by atoms with E-state index in [-0.39, 0.29) is 17.7 Å². The van der Waals surface area contributed by atoms with Crippen LogP contribution in [0.15, 0.2) is 51.5 Å². The van der Waals surface area contributed by atoms with E-state index in [0.29, 0.717) is 35.3 Å². The summed E-state index contributed by atoms with van der Waals surface area (Å²) in [5.41, 5.74) is 1.16. The molecule has 152 valence electrons. The fourth-order valence-electron chi connectivity index (χ4n) is 3.05. The molecule has 0 radical (unpaired) electrons. The van der Waals surface area contributed by atoms with Crippen LogP contribution in [0.25, 0.3) is 11.7 Å². The number of carbonyl (C=O) groups is 2. The third-order valence-corrected chi connectivity index (χ3v) is 4.69. The monoisotopic (exact) mass is 397 g/mol. The maximum atomic E-state index is 12.8. The summed E-state index contributed by atoms with van der Waals surface area (Å²) in [6.45, 7) is 6.60. The molecule has 1 aromatic carbocycles. The van der Waals surface area contributed by atoms with E-state index in [0.717, 1.165) is 17.9 Å². The van der Waals surface area contributed by atoms with Gasteiger partial charge in [-0.3, -0.25) is 9.59 Å². The van der Waals surface area contributed by atoms with Crippen molar-refractivity contribution in [1.82, 2.24) is 10.2 Å². The Kier molecular flexibility index (Phi) is 6.56. The van der Waals surface area contributed by atoms with Crippen LogP contribution in [0.2, 0.25) is 0 Å². The van der Waals surface area contributed by atoms with E-state index in [2.05, 4.69) is 22.4 Å². The van der Waals surface area contributed by atoms with Gasteiger partial charge in [-0.15, -0.1) is 10.2 Å². The van der Waals surface area contributed by atoms with Gasteiger partial charge >= 0.3 is 0 Å². The lowest BCUT2D eigenvalue weighted by Crippen LogP contribution is -3.15. The minimum absolute atomic E-state index is 0.0452. The number of quaternary nitrogens is 1. The van der Waals surface area contributed by atoms with Gasteiger partial charge in [0.15, 0.2) is 24.1 Å². The van der Waals surface area contributed by atoms with Gasteiger partial charge in [0.2, 0.25) is 0 Å². The number of ketones is 1. The maximum absolute atomic E-state index is 12.8. The molecule has 2 heterocycles. The predicted molar refractivity (Wildman–Crippen MR) is 106 cm³/mol. The number of anilines is 1. The minimum Gasteiger partial charge on any atom is -0.459 e. The first-order chi connectivity index (χ1) is 14.0. The molecule has 3 aromatic rings. The molecule has 1 amide bonds. The number of aromatic nitrogens is 2. The van der Waals surface area contributed by atoms with Gasteiger partial charge in [-0.05, 0) is 44.5 Å². The Morgan fingerprint density at radius 2 is 2.03 bits per heavy atom. The van der Waals surface area contributed by atoms with Gasteiger partial charge in [-0.2, -0.15) is 0 Å². The van der Waals surface area contributed by atoms with E-state index in [1.807, 2.05) is 6.92 Å². The quantitative estimate of drug-likeness (QED) is 0.538.